The van der Waals surface area contributed by atoms with Crippen LogP contribution in [0.4, 0.5) is 0 Å². The summed E-state index contributed by atoms with van der Waals surface area (Å²) in [6, 6.07) is 0.216. The summed E-state index contributed by atoms with van der Waals surface area (Å²) in [6.45, 7) is 9.07. The maximum absolute atomic E-state index is 12.0. The molecule has 1 aromatic heterocycles. The summed E-state index contributed by atoms with van der Waals surface area (Å²) >= 11 is 0. The number of aromatic nitrogens is 3. The van der Waals surface area contributed by atoms with Gasteiger partial charge in [-0.3, -0.25) is 4.79 Å². The van der Waals surface area contributed by atoms with Crippen LogP contribution in [0.15, 0.2) is 6.20 Å². The summed E-state index contributed by atoms with van der Waals surface area (Å²) < 4.78 is 0. The minimum Gasteiger partial charge on any atom is -0.348 e. The standard InChI is InChI=1S/C13H22N4O/c1-12(2)5-9(6-13(3,4)8-12)15-11(18)10-7-14-17-16-10/h7,9H,5-6,8H2,1-4H3,(H,15,18)(H,14,16,17). The van der Waals surface area contributed by atoms with E-state index in [1.54, 1.807) is 0 Å². The van der Waals surface area contributed by atoms with E-state index in [9.17, 15) is 4.79 Å². The second-order valence-electron chi connectivity index (χ2n) is 6.94. The van der Waals surface area contributed by atoms with E-state index < -0.39 is 0 Å². The first-order valence-electron chi connectivity index (χ1n) is 6.44. The van der Waals surface area contributed by atoms with E-state index in [0.29, 0.717) is 5.69 Å². The molecule has 0 aromatic carbocycles. The third-order valence-electron chi connectivity index (χ3n) is 3.54. The van der Waals surface area contributed by atoms with Crippen molar-refractivity contribution in [3.8, 4) is 0 Å². The van der Waals surface area contributed by atoms with E-state index in [0.717, 1.165) is 12.8 Å². The van der Waals surface area contributed by atoms with Crippen molar-refractivity contribution in [1.82, 2.24) is 20.7 Å². The molecule has 5 nitrogen and oxygen atoms in total. The highest BCUT2D eigenvalue weighted by Crippen LogP contribution is 2.45. The molecule has 1 aliphatic carbocycles. The fraction of sp³-hybridized carbons (Fsp3) is 0.769. The molecule has 1 amide bonds. The number of nitrogens with zero attached hydrogens (tertiary/aromatic N) is 2. The molecule has 1 aromatic rings. The van der Waals surface area contributed by atoms with Gasteiger partial charge in [0.25, 0.3) is 5.91 Å². The maximum Gasteiger partial charge on any atom is 0.273 e. The first-order chi connectivity index (χ1) is 8.27. The normalized spacial score (nSPS) is 22.7. The topological polar surface area (TPSA) is 70.7 Å². The fourth-order valence-electron chi connectivity index (χ4n) is 3.52. The minimum absolute atomic E-state index is 0.137. The molecule has 100 valence electrons. The van der Waals surface area contributed by atoms with Crippen LogP contribution in [0.2, 0.25) is 0 Å². The Hall–Kier alpha value is -1.39. The average Bonchev–Trinajstić information content (AvgIpc) is 2.63. The molecule has 18 heavy (non-hydrogen) atoms. The Bertz CT molecular complexity index is 406. The van der Waals surface area contributed by atoms with Crippen LogP contribution in [-0.4, -0.2) is 27.4 Å². The predicted octanol–water partition coefficient (Wildman–Crippen LogP) is 2.14. The Morgan fingerprint density at radius 3 is 2.44 bits per heavy atom. The highest BCUT2D eigenvalue weighted by atomic mass is 16.2. The predicted molar refractivity (Wildman–Crippen MR) is 69.0 cm³/mol. The average molecular weight is 250 g/mol. The maximum atomic E-state index is 12.0. The summed E-state index contributed by atoms with van der Waals surface area (Å²) in [5.41, 5.74) is 0.892. The molecular weight excluding hydrogens is 228 g/mol. The van der Waals surface area contributed by atoms with Gasteiger partial charge >= 0.3 is 0 Å². The molecular formula is C13H22N4O. The van der Waals surface area contributed by atoms with Gasteiger partial charge in [0.2, 0.25) is 0 Å². The van der Waals surface area contributed by atoms with Crippen molar-refractivity contribution >= 4 is 5.91 Å². The van der Waals surface area contributed by atoms with E-state index in [-0.39, 0.29) is 22.8 Å². The quantitative estimate of drug-likeness (QED) is 0.844. The minimum atomic E-state index is -0.137. The van der Waals surface area contributed by atoms with Crippen molar-refractivity contribution in [2.24, 2.45) is 10.8 Å². The number of nitrogens with one attached hydrogen (secondary N) is 2. The lowest BCUT2D eigenvalue weighted by Crippen LogP contribution is -2.46. The van der Waals surface area contributed by atoms with Gasteiger partial charge in [0.1, 0.15) is 0 Å². The van der Waals surface area contributed by atoms with Crippen molar-refractivity contribution < 1.29 is 4.79 Å². The zero-order valence-electron chi connectivity index (χ0n) is 11.6. The van der Waals surface area contributed by atoms with Gasteiger partial charge in [-0.05, 0) is 30.1 Å². The lowest BCUT2D eigenvalue weighted by molar-refractivity contribution is 0.0710. The first-order valence-corrected chi connectivity index (χ1v) is 6.44. The van der Waals surface area contributed by atoms with Gasteiger partial charge in [-0.15, -0.1) is 0 Å². The number of aromatic amines is 1. The van der Waals surface area contributed by atoms with Crippen LogP contribution in [0.1, 0.15) is 57.4 Å². The molecule has 0 atom stereocenters. The van der Waals surface area contributed by atoms with Crippen molar-refractivity contribution in [3.05, 3.63) is 11.9 Å². The first kappa shape index (κ1) is 13.1. The van der Waals surface area contributed by atoms with Crippen LogP contribution in [0, 0.1) is 10.8 Å². The van der Waals surface area contributed by atoms with Gasteiger partial charge in [0.15, 0.2) is 5.69 Å². The molecule has 2 rings (SSSR count). The Labute approximate surface area is 108 Å². The fourth-order valence-corrected chi connectivity index (χ4v) is 3.52. The molecule has 0 spiro atoms. The molecule has 0 bridgehead atoms. The number of carbonyl (C=O) groups is 1. The molecule has 5 heteroatoms. The van der Waals surface area contributed by atoms with Crippen LogP contribution >= 0.6 is 0 Å². The molecule has 0 aliphatic heterocycles. The SMILES string of the molecule is CC1(C)CC(NC(=O)c2cn[nH]n2)CC(C)(C)C1. The number of rotatable bonds is 2. The molecule has 1 heterocycles. The van der Waals surface area contributed by atoms with E-state index >= 15 is 0 Å². The molecule has 2 N–H and O–H groups in total. The van der Waals surface area contributed by atoms with Gasteiger partial charge in [-0.25, -0.2) is 0 Å². The van der Waals surface area contributed by atoms with Gasteiger partial charge in [0, 0.05) is 6.04 Å². The monoisotopic (exact) mass is 250 g/mol. The van der Waals surface area contributed by atoms with Gasteiger partial charge < -0.3 is 5.32 Å². The summed E-state index contributed by atoms with van der Waals surface area (Å²) in [7, 11) is 0. The van der Waals surface area contributed by atoms with Gasteiger partial charge in [-0.1, -0.05) is 27.7 Å². The number of H-pyrrole nitrogens is 1. The Kier molecular flexibility index (Phi) is 3.17. The van der Waals surface area contributed by atoms with Crippen molar-refractivity contribution in [2.75, 3.05) is 0 Å². The lowest BCUT2D eigenvalue weighted by Gasteiger charge is -2.45. The summed E-state index contributed by atoms with van der Waals surface area (Å²) in [5, 5.41) is 13.0. The second-order valence-corrected chi connectivity index (χ2v) is 6.94. The summed E-state index contributed by atoms with van der Waals surface area (Å²) in [6.07, 6.45) is 4.67. The second kappa shape index (κ2) is 4.37. The zero-order valence-corrected chi connectivity index (χ0v) is 11.6. The number of carbonyl (C=O) groups excluding carboxylic acids is 1. The molecule has 1 aliphatic rings. The molecule has 0 saturated heterocycles. The zero-order chi connectivity index (χ0) is 13.4. The highest BCUT2D eigenvalue weighted by Gasteiger charge is 2.39. The van der Waals surface area contributed by atoms with E-state index in [1.165, 1.54) is 12.6 Å². The summed E-state index contributed by atoms with van der Waals surface area (Å²) in [5.74, 6) is -0.137. The Morgan fingerprint density at radius 1 is 1.33 bits per heavy atom. The molecule has 1 fully saturated rings. The third-order valence-corrected chi connectivity index (χ3v) is 3.54. The Morgan fingerprint density at radius 2 is 1.94 bits per heavy atom. The highest BCUT2D eigenvalue weighted by molar-refractivity contribution is 5.92. The molecule has 0 unspecified atom stereocenters. The third kappa shape index (κ3) is 3.09. The van der Waals surface area contributed by atoms with Crippen LogP contribution < -0.4 is 5.32 Å². The van der Waals surface area contributed by atoms with Crippen molar-refractivity contribution in [1.29, 1.82) is 0 Å². The number of hydrogen-bond acceptors (Lipinski definition) is 3. The van der Waals surface area contributed by atoms with E-state index in [4.69, 9.17) is 0 Å². The van der Waals surface area contributed by atoms with Crippen molar-refractivity contribution in [2.45, 2.75) is 53.0 Å². The summed E-state index contributed by atoms with van der Waals surface area (Å²) in [4.78, 5) is 12.0. The Balaban J connectivity index is 2.03. The van der Waals surface area contributed by atoms with Crippen molar-refractivity contribution in [3.63, 3.8) is 0 Å². The molecule has 0 radical (unpaired) electrons. The van der Waals surface area contributed by atoms with Crippen LogP contribution in [0.3, 0.4) is 0 Å². The van der Waals surface area contributed by atoms with Crippen LogP contribution in [-0.2, 0) is 0 Å². The largest absolute Gasteiger partial charge is 0.348 e. The van der Waals surface area contributed by atoms with Crippen LogP contribution in [0.5, 0.6) is 0 Å². The van der Waals surface area contributed by atoms with Gasteiger partial charge in [0.05, 0.1) is 6.20 Å². The number of hydrogen-bond donors (Lipinski definition) is 2. The van der Waals surface area contributed by atoms with Crippen LogP contribution in [0.25, 0.3) is 0 Å². The van der Waals surface area contributed by atoms with E-state index in [1.807, 2.05) is 0 Å². The lowest BCUT2D eigenvalue weighted by atomic mass is 9.63. The smallest absolute Gasteiger partial charge is 0.273 e. The van der Waals surface area contributed by atoms with Gasteiger partial charge in [-0.2, -0.15) is 15.4 Å². The van der Waals surface area contributed by atoms with E-state index in [2.05, 4.69) is 48.4 Å². The molecule has 1 saturated carbocycles. The number of amides is 1.